The first kappa shape index (κ1) is 13.3. The second-order valence-electron chi connectivity index (χ2n) is 2.86. The van der Waals surface area contributed by atoms with E-state index in [-0.39, 0.29) is 5.91 Å². The van der Waals surface area contributed by atoms with Crippen molar-refractivity contribution < 1.29 is 13.6 Å². The van der Waals surface area contributed by atoms with Crippen molar-refractivity contribution in [1.29, 1.82) is 0 Å². The maximum atomic E-state index is 12.2. The van der Waals surface area contributed by atoms with Gasteiger partial charge in [0.1, 0.15) is 0 Å². The highest BCUT2D eigenvalue weighted by Crippen LogP contribution is 2.31. The van der Waals surface area contributed by atoms with Gasteiger partial charge in [0.15, 0.2) is 0 Å². The third-order valence-electron chi connectivity index (χ3n) is 1.65. The minimum absolute atomic E-state index is 0.185. The van der Waals surface area contributed by atoms with E-state index in [0.717, 1.165) is 0 Å². The van der Waals surface area contributed by atoms with Crippen molar-refractivity contribution in [2.45, 2.75) is 10.7 Å². The molecule has 0 aromatic heterocycles. The van der Waals surface area contributed by atoms with E-state index in [1.54, 1.807) is 30.5 Å². The Balaban J connectivity index is 2.74. The number of carbonyl (C=O) groups excluding carboxylic acids is 1. The van der Waals surface area contributed by atoms with Gasteiger partial charge in [-0.25, -0.2) is 0 Å². The summed E-state index contributed by atoms with van der Waals surface area (Å²) in [6.07, 6.45) is 1.80. The van der Waals surface area contributed by atoms with E-state index in [4.69, 9.17) is 0 Å². The van der Waals surface area contributed by atoms with E-state index in [1.165, 1.54) is 11.8 Å². The van der Waals surface area contributed by atoms with Crippen LogP contribution in [0.2, 0.25) is 0 Å². The van der Waals surface area contributed by atoms with Crippen molar-refractivity contribution in [2.24, 2.45) is 0 Å². The third kappa shape index (κ3) is 4.40. The quantitative estimate of drug-likeness (QED) is 0.826. The molecule has 0 spiro atoms. The number of alkyl halides is 2. The van der Waals surface area contributed by atoms with Crippen LogP contribution in [0.15, 0.2) is 29.2 Å². The van der Waals surface area contributed by atoms with Crippen molar-refractivity contribution >= 4 is 35.1 Å². The topological polar surface area (TPSA) is 29.1 Å². The van der Waals surface area contributed by atoms with Crippen LogP contribution < -0.4 is 5.32 Å². The van der Waals surface area contributed by atoms with Crippen molar-refractivity contribution in [2.75, 3.05) is 17.3 Å². The van der Waals surface area contributed by atoms with E-state index in [9.17, 15) is 13.6 Å². The molecule has 0 fully saturated rings. The molecule has 0 aliphatic heterocycles. The molecule has 1 aromatic rings. The van der Waals surface area contributed by atoms with Crippen LogP contribution in [0.1, 0.15) is 0 Å². The van der Waals surface area contributed by atoms with Gasteiger partial charge in [0.25, 0.3) is 5.76 Å². The number of rotatable bonds is 5. The first-order chi connectivity index (χ1) is 7.63. The van der Waals surface area contributed by atoms with Crippen molar-refractivity contribution in [3.63, 3.8) is 0 Å². The number of carbonyl (C=O) groups is 1. The van der Waals surface area contributed by atoms with Gasteiger partial charge in [-0.15, -0.1) is 0 Å². The molecule has 1 aromatic carbocycles. The summed E-state index contributed by atoms with van der Waals surface area (Å²) in [6, 6.07) is 6.54. The molecule has 1 rings (SSSR count). The Morgan fingerprint density at radius 1 is 1.44 bits per heavy atom. The fourth-order valence-electron chi connectivity index (χ4n) is 1.09. The zero-order chi connectivity index (χ0) is 12.0. The molecule has 0 saturated carbocycles. The highest BCUT2D eigenvalue weighted by Gasteiger charge is 2.11. The van der Waals surface area contributed by atoms with E-state index in [0.29, 0.717) is 28.1 Å². The first-order valence-electron chi connectivity index (χ1n) is 4.46. The molecular formula is C10H11F2NOS2. The molecule has 16 heavy (non-hydrogen) atoms. The van der Waals surface area contributed by atoms with Crippen LogP contribution in [0.5, 0.6) is 0 Å². The van der Waals surface area contributed by atoms with Gasteiger partial charge in [-0.3, -0.25) is 4.79 Å². The molecule has 1 amide bonds. The van der Waals surface area contributed by atoms with Gasteiger partial charge in [-0.05, 0) is 18.4 Å². The highest BCUT2D eigenvalue weighted by atomic mass is 32.2. The summed E-state index contributed by atoms with van der Waals surface area (Å²) in [5, 5.41) is 2.60. The molecule has 0 unspecified atom stereocenters. The summed E-state index contributed by atoms with van der Waals surface area (Å²) < 4.78 is 24.5. The average Bonchev–Trinajstić information content (AvgIpc) is 2.20. The van der Waals surface area contributed by atoms with Crippen LogP contribution in [0.4, 0.5) is 14.5 Å². The second-order valence-corrected chi connectivity index (χ2v) is 4.75. The predicted octanol–water partition coefficient (Wildman–Crippen LogP) is 3.30. The summed E-state index contributed by atoms with van der Waals surface area (Å²) in [5.41, 5.74) is 0.437. The maximum absolute atomic E-state index is 12.2. The number of hydrogen-bond acceptors (Lipinski definition) is 3. The van der Waals surface area contributed by atoms with Crippen molar-refractivity contribution in [3.05, 3.63) is 24.3 Å². The Hall–Kier alpha value is -0.750. The smallest absolute Gasteiger partial charge is 0.288 e. The molecule has 2 nitrogen and oxygen atoms in total. The number of nitrogens with one attached hydrogen (secondary N) is 1. The fraction of sp³-hybridized carbons (Fsp3) is 0.300. The second kappa shape index (κ2) is 6.75. The lowest BCUT2D eigenvalue weighted by atomic mass is 10.3. The summed E-state index contributed by atoms with van der Waals surface area (Å²) in [6.45, 7) is 0. The van der Waals surface area contributed by atoms with Crippen LogP contribution in [0.25, 0.3) is 0 Å². The number of amides is 1. The van der Waals surface area contributed by atoms with Crippen molar-refractivity contribution in [3.8, 4) is 0 Å². The Morgan fingerprint density at radius 2 is 2.12 bits per heavy atom. The molecule has 6 heteroatoms. The minimum atomic E-state index is -2.49. The standard InChI is InChI=1S/C10H11F2NOS2/c1-15-6-9(14)13-7-4-2-3-5-8(7)16-10(11)12/h2-5,10H,6H2,1H3,(H,13,14). The number of thioether (sulfide) groups is 2. The zero-order valence-corrected chi connectivity index (χ0v) is 10.2. The van der Waals surface area contributed by atoms with Gasteiger partial charge >= 0.3 is 0 Å². The van der Waals surface area contributed by atoms with Gasteiger partial charge in [0, 0.05) is 4.90 Å². The average molecular weight is 263 g/mol. The molecule has 0 saturated heterocycles. The molecular weight excluding hydrogens is 252 g/mol. The number of anilines is 1. The van der Waals surface area contributed by atoms with Gasteiger partial charge in [0.05, 0.1) is 11.4 Å². The minimum Gasteiger partial charge on any atom is -0.324 e. The maximum Gasteiger partial charge on any atom is 0.288 e. The predicted molar refractivity (Wildman–Crippen MR) is 65.3 cm³/mol. The molecule has 0 aliphatic rings. The molecule has 0 bridgehead atoms. The van der Waals surface area contributed by atoms with E-state index in [2.05, 4.69) is 5.32 Å². The van der Waals surface area contributed by atoms with E-state index in [1.807, 2.05) is 0 Å². The molecule has 1 N–H and O–H groups in total. The Kier molecular flexibility index (Phi) is 5.62. The first-order valence-corrected chi connectivity index (χ1v) is 6.73. The molecule has 0 atom stereocenters. The number of hydrogen-bond donors (Lipinski definition) is 1. The van der Waals surface area contributed by atoms with Gasteiger partial charge in [-0.1, -0.05) is 23.9 Å². The van der Waals surface area contributed by atoms with E-state index < -0.39 is 5.76 Å². The van der Waals surface area contributed by atoms with Crippen molar-refractivity contribution in [1.82, 2.24) is 0 Å². The SMILES string of the molecule is CSCC(=O)Nc1ccccc1SC(F)F. The lowest BCUT2D eigenvalue weighted by Crippen LogP contribution is -2.14. The Labute approximate surface area is 101 Å². The highest BCUT2D eigenvalue weighted by molar-refractivity contribution is 7.99. The third-order valence-corrected chi connectivity index (χ3v) is 2.99. The number of benzene rings is 1. The summed E-state index contributed by atoms with van der Waals surface area (Å²) >= 11 is 1.81. The number of para-hydroxylation sites is 1. The van der Waals surface area contributed by atoms with Gasteiger partial charge < -0.3 is 5.32 Å². The Morgan fingerprint density at radius 3 is 2.75 bits per heavy atom. The van der Waals surface area contributed by atoms with Gasteiger partial charge in [0.2, 0.25) is 5.91 Å². The summed E-state index contributed by atoms with van der Waals surface area (Å²) in [7, 11) is 0. The van der Waals surface area contributed by atoms with Crippen LogP contribution in [0.3, 0.4) is 0 Å². The van der Waals surface area contributed by atoms with Crippen LogP contribution >= 0.6 is 23.5 Å². The fourth-order valence-corrected chi connectivity index (χ4v) is 2.02. The summed E-state index contributed by atoms with van der Waals surface area (Å²) in [5.74, 6) is -2.36. The largest absolute Gasteiger partial charge is 0.324 e. The molecule has 0 radical (unpaired) electrons. The van der Waals surface area contributed by atoms with Gasteiger partial charge in [-0.2, -0.15) is 20.5 Å². The molecule has 88 valence electrons. The lowest BCUT2D eigenvalue weighted by Gasteiger charge is -2.09. The molecule has 0 aliphatic carbocycles. The van der Waals surface area contributed by atoms with Crippen LogP contribution in [0, 0.1) is 0 Å². The monoisotopic (exact) mass is 263 g/mol. The van der Waals surface area contributed by atoms with Crippen LogP contribution in [-0.4, -0.2) is 23.7 Å². The molecule has 0 heterocycles. The number of halogens is 2. The normalized spacial score (nSPS) is 10.5. The zero-order valence-electron chi connectivity index (χ0n) is 8.57. The van der Waals surface area contributed by atoms with Crippen LogP contribution in [-0.2, 0) is 4.79 Å². The van der Waals surface area contributed by atoms with E-state index >= 15 is 0 Å². The Bertz CT molecular complexity index is 360. The lowest BCUT2D eigenvalue weighted by molar-refractivity contribution is -0.113. The summed E-state index contributed by atoms with van der Waals surface area (Å²) in [4.78, 5) is 11.7.